The van der Waals surface area contributed by atoms with E-state index in [9.17, 15) is 0 Å². The molecule has 52 heavy (non-hydrogen) atoms. The summed E-state index contributed by atoms with van der Waals surface area (Å²) in [7, 11) is 0. The van der Waals surface area contributed by atoms with Crippen molar-refractivity contribution in [2.45, 2.75) is 37.8 Å². The molecule has 0 radical (unpaired) electrons. The Hall–Kier alpha value is -5.78. The highest BCUT2D eigenvalue weighted by Gasteiger charge is 2.60. The molecule has 2 aliphatic heterocycles. The second-order valence-corrected chi connectivity index (χ2v) is 15.0. The van der Waals surface area contributed by atoms with Crippen LogP contribution in [0.1, 0.15) is 60.2 Å². The first-order chi connectivity index (χ1) is 25.6. The van der Waals surface area contributed by atoms with Crippen molar-refractivity contribution in [1.82, 2.24) is 19.9 Å². The average Bonchev–Trinajstić information content (AvgIpc) is 3.56. The van der Waals surface area contributed by atoms with Crippen LogP contribution in [0.2, 0.25) is 0 Å². The van der Waals surface area contributed by atoms with Crippen LogP contribution in [-0.2, 0) is 5.41 Å². The third-order valence-corrected chi connectivity index (χ3v) is 11.8. The molecule has 5 unspecified atom stereocenters. The number of hydrazine groups is 1. The van der Waals surface area contributed by atoms with Gasteiger partial charge in [-0.25, -0.2) is 0 Å². The van der Waals surface area contributed by atoms with E-state index in [1.165, 1.54) is 77.6 Å². The van der Waals surface area contributed by atoms with E-state index in [-0.39, 0.29) is 23.9 Å². The Morgan fingerprint density at radius 3 is 1.87 bits per heavy atom. The van der Waals surface area contributed by atoms with Gasteiger partial charge in [-0.2, -0.15) is 10.0 Å². The summed E-state index contributed by atoms with van der Waals surface area (Å²) in [6, 6.07) is 62.6. The van der Waals surface area contributed by atoms with Gasteiger partial charge < -0.3 is 4.57 Å². The molecule has 2 fully saturated rings. The van der Waals surface area contributed by atoms with E-state index in [4.69, 9.17) is 0 Å². The SMILES string of the molecule is CC1(C)c2ccccc2-c2cc3c(cc21)c1ccc(-c2ccccc2)cc1n3-c1cccc(C2NC(c3ccccc3)N3C(c4ccccc4)N23)c1. The maximum atomic E-state index is 4.00. The zero-order chi connectivity index (χ0) is 34.6. The minimum Gasteiger partial charge on any atom is -0.309 e. The van der Waals surface area contributed by atoms with Gasteiger partial charge in [-0.15, -0.1) is 0 Å². The predicted octanol–water partition coefficient (Wildman–Crippen LogP) is 11.3. The van der Waals surface area contributed by atoms with Crippen LogP contribution in [0.25, 0.3) is 49.7 Å². The number of aromatic nitrogens is 1. The zero-order valence-electron chi connectivity index (χ0n) is 29.2. The first-order valence-electron chi connectivity index (χ1n) is 18.4. The number of hydrogen-bond acceptors (Lipinski definition) is 3. The quantitative estimate of drug-likeness (QED) is 0.184. The molecular weight excluding hydrogens is 633 g/mol. The van der Waals surface area contributed by atoms with E-state index >= 15 is 0 Å². The minimum absolute atomic E-state index is 0.0280. The van der Waals surface area contributed by atoms with Crippen molar-refractivity contribution in [2.75, 3.05) is 0 Å². The van der Waals surface area contributed by atoms with Crippen molar-refractivity contribution in [1.29, 1.82) is 0 Å². The molecule has 4 nitrogen and oxygen atoms in total. The van der Waals surface area contributed by atoms with Crippen LogP contribution in [0.3, 0.4) is 0 Å². The predicted molar refractivity (Wildman–Crippen MR) is 212 cm³/mol. The van der Waals surface area contributed by atoms with Crippen LogP contribution in [-0.4, -0.2) is 14.6 Å². The van der Waals surface area contributed by atoms with Gasteiger partial charge in [0.15, 0.2) is 0 Å². The normalized spacial score (nSPS) is 22.3. The number of hydrogen-bond donors (Lipinski definition) is 1. The molecule has 2 saturated heterocycles. The van der Waals surface area contributed by atoms with Crippen molar-refractivity contribution in [3.63, 3.8) is 0 Å². The van der Waals surface area contributed by atoms with Crippen LogP contribution in [0, 0.1) is 0 Å². The van der Waals surface area contributed by atoms with Gasteiger partial charge >= 0.3 is 0 Å². The van der Waals surface area contributed by atoms with Crippen molar-refractivity contribution in [2.24, 2.45) is 0 Å². The Bertz CT molecular complexity index is 2660. The summed E-state index contributed by atoms with van der Waals surface area (Å²) in [6.07, 6.45) is 0.335. The van der Waals surface area contributed by atoms with Crippen molar-refractivity contribution in [3.05, 3.63) is 198 Å². The fourth-order valence-corrected chi connectivity index (χ4v) is 9.25. The molecule has 0 amide bonds. The summed E-state index contributed by atoms with van der Waals surface area (Å²) < 4.78 is 2.51. The Morgan fingerprint density at radius 1 is 0.462 bits per heavy atom. The molecule has 3 aliphatic rings. The smallest absolute Gasteiger partial charge is 0.119 e. The molecule has 0 bridgehead atoms. The molecule has 250 valence electrons. The van der Waals surface area contributed by atoms with Gasteiger partial charge in [-0.1, -0.05) is 153 Å². The van der Waals surface area contributed by atoms with Gasteiger partial charge in [0.1, 0.15) is 18.5 Å². The van der Waals surface area contributed by atoms with Crippen molar-refractivity contribution in [3.8, 4) is 27.9 Å². The van der Waals surface area contributed by atoms with E-state index in [1.54, 1.807) is 0 Å². The van der Waals surface area contributed by atoms with E-state index < -0.39 is 0 Å². The van der Waals surface area contributed by atoms with E-state index in [0.29, 0.717) is 0 Å². The molecule has 1 aromatic heterocycles. The third kappa shape index (κ3) is 4.32. The second kappa shape index (κ2) is 11.1. The van der Waals surface area contributed by atoms with Gasteiger partial charge in [0.2, 0.25) is 0 Å². The van der Waals surface area contributed by atoms with E-state index in [1.807, 2.05) is 0 Å². The molecule has 1 N–H and O–H groups in total. The van der Waals surface area contributed by atoms with Crippen LogP contribution in [0.4, 0.5) is 0 Å². The Balaban J connectivity index is 1.10. The van der Waals surface area contributed by atoms with Gasteiger partial charge in [0, 0.05) is 21.9 Å². The lowest BCUT2D eigenvalue weighted by molar-refractivity contribution is 0.314. The van der Waals surface area contributed by atoms with E-state index in [0.717, 1.165) is 0 Å². The van der Waals surface area contributed by atoms with Crippen LogP contribution in [0.15, 0.2) is 170 Å². The van der Waals surface area contributed by atoms with Crippen LogP contribution < -0.4 is 5.32 Å². The van der Waals surface area contributed by atoms with Gasteiger partial charge in [0.05, 0.1) is 11.0 Å². The number of nitrogens with one attached hydrogen (secondary N) is 1. The largest absolute Gasteiger partial charge is 0.309 e. The molecule has 1 aliphatic carbocycles. The van der Waals surface area contributed by atoms with Gasteiger partial charge in [0.25, 0.3) is 0 Å². The third-order valence-electron chi connectivity index (χ3n) is 11.8. The highest BCUT2D eigenvalue weighted by Crippen LogP contribution is 2.57. The lowest BCUT2D eigenvalue weighted by atomic mass is 9.82. The zero-order valence-corrected chi connectivity index (χ0v) is 29.2. The second-order valence-electron chi connectivity index (χ2n) is 15.0. The first kappa shape index (κ1) is 29.9. The van der Waals surface area contributed by atoms with Crippen molar-refractivity contribution >= 4 is 21.8 Å². The Labute approximate surface area is 304 Å². The number of benzene rings is 7. The van der Waals surface area contributed by atoms with Crippen LogP contribution in [0.5, 0.6) is 0 Å². The fraction of sp³-hybridized carbons (Fsp3) is 0.125. The van der Waals surface area contributed by atoms with Crippen molar-refractivity contribution < 1.29 is 0 Å². The lowest BCUT2D eigenvalue weighted by Gasteiger charge is -2.22. The maximum Gasteiger partial charge on any atom is 0.119 e. The van der Waals surface area contributed by atoms with Crippen LogP contribution >= 0.6 is 0 Å². The summed E-state index contributed by atoms with van der Waals surface area (Å²) in [5, 5.41) is 11.6. The Morgan fingerprint density at radius 2 is 1.10 bits per heavy atom. The standard InChI is InChI=1S/C48H38N4/c1-48(2)41-24-13-12-23-37(41)39-30-44-40(29-42(39)48)38-26-25-34(31-15-6-3-7-16-31)28-43(38)50(44)36-22-14-21-35(27-36)46-49-45(32-17-8-4-9-18-32)51-47(52(46)51)33-19-10-5-11-20-33/h3-30,45-47,49H,1-2H3. The van der Waals surface area contributed by atoms with Gasteiger partial charge in [-0.05, 0) is 80.4 Å². The first-order valence-corrected chi connectivity index (χ1v) is 18.4. The average molecular weight is 671 g/mol. The number of fused-ring (bicyclic) bond motifs is 7. The topological polar surface area (TPSA) is 23.0 Å². The highest BCUT2D eigenvalue weighted by atomic mass is 15.9. The summed E-state index contributed by atoms with van der Waals surface area (Å²) in [5.41, 5.74) is 15.3. The minimum atomic E-state index is -0.0677. The highest BCUT2D eigenvalue weighted by molar-refractivity contribution is 6.12. The molecule has 5 atom stereocenters. The molecule has 4 heteroatoms. The number of rotatable bonds is 5. The molecule has 3 heterocycles. The maximum absolute atomic E-state index is 4.00. The lowest BCUT2D eigenvalue weighted by Crippen LogP contribution is -2.27. The molecule has 0 spiro atoms. The molecule has 8 aromatic rings. The molecule has 11 rings (SSSR count). The monoisotopic (exact) mass is 670 g/mol. The van der Waals surface area contributed by atoms with Gasteiger partial charge in [-0.3, -0.25) is 5.32 Å². The summed E-state index contributed by atoms with van der Waals surface area (Å²) in [6.45, 7) is 4.74. The molecule has 0 saturated carbocycles. The summed E-state index contributed by atoms with van der Waals surface area (Å²) in [5.74, 6) is 0. The summed E-state index contributed by atoms with van der Waals surface area (Å²) >= 11 is 0. The molecule has 7 aromatic carbocycles. The summed E-state index contributed by atoms with van der Waals surface area (Å²) in [4.78, 5) is 0. The molecular formula is C48H38N4. The Kier molecular flexibility index (Phi) is 6.39. The van der Waals surface area contributed by atoms with E-state index in [2.05, 4.69) is 204 Å². The fourth-order valence-electron chi connectivity index (χ4n) is 9.25. The number of nitrogens with zero attached hydrogens (tertiary/aromatic N) is 3.